The van der Waals surface area contributed by atoms with Gasteiger partial charge >= 0.3 is 51.4 Å². The van der Waals surface area contributed by atoms with E-state index in [1.54, 1.807) is 6.20 Å². The van der Waals surface area contributed by atoms with Crippen LogP contribution in [-0.4, -0.2) is 34.3 Å². The fourth-order valence-corrected chi connectivity index (χ4v) is 2.71. The third kappa shape index (κ3) is 5.84. The van der Waals surface area contributed by atoms with Gasteiger partial charge in [-0.15, -0.1) is 6.20 Å². The van der Waals surface area contributed by atoms with E-state index in [0.29, 0.717) is 0 Å². The first kappa shape index (κ1) is 16.9. The molecule has 0 amide bonds. The summed E-state index contributed by atoms with van der Waals surface area (Å²) < 4.78 is 2.03. The molecule has 1 unspecified atom stereocenters. The summed E-state index contributed by atoms with van der Waals surface area (Å²) in [5.74, 6) is 0.777. The largest absolute Gasteiger partial charge is 1.00 e. The Balaban J connectivity index is 0.00000162. The summed E-state index contributed by atoms with van der Waals surface area (Å²) in [7, 11) is 0. The first-order chi connectivity index (χ1) is 8.38. The first-order valence-corrected chi connectivity index (χ1v) is 6.99. The molecule has 1 fully saturated rings. The topological polar surface area (TPSA) is 21.1 Å². The summed E-state index contributed by atoms with van der Waals surface area (Å²) in [5.41, 5.74) is 0. The van der Waals surface area contributed by atoms with Gasteiger partial charge < -0.3 is 15.6 Å². The van der Waals surface area contributed by atoms with Gasteiger partial charge in [0.1, 0.15) is 0 Å². The van der Waals surface area contributed by atoms with Crippen molar-refractivity contribution in [2.24, 2.45) is 5.92 Å². The normalized spacial score (nSPS) is 20.6. The summed E-state index contributed by atoms with van der Waals surface area (Å²) in [4.78, 5) is 2.64. The van der Waals surface area contributed by atoms with Crippen LogP contribution >= 0.6 is 0 Å². The molecule has 1 aliphatic rings. The Morgan fingerprint density at radius 1 is 1.39 bits per heavy atom. The molecule has 2 rings (SSSR count). The molecule has 1 aromatic heterocycles. The predicted molar refractivity (Wildman–Crippen MR) is 69.8 cm³/mol. The Bertz CT molecular complexity index is 300. The van der Waals surface area contributed by atoms with Crippen LogP contribution in [0.15, 0.2) is 12.4 Å². The van der Waals surface area contributed by atoms with Crippen LogP contribution in [0.1, 0.15) is 39.0 Å². The van der Waals surface area contributed by atoms with Gasteiger partial charge in [0, 0.05) is 13.1 Å². The third-order valence-electron chi connectivity index (χ3n) is 3.63. The van der Waals surface area contributed by atoms with Crippen LogP contribution in [0.3, 0.4) is 0 Å². The monoisotopic (exact) mass is 273 g/mol. The predicted octanol–water partition coefficient (Wildman–Crippen LogP) is -0.411. The molecule has 1 aromatic rings. The molecule has 4 heteroatoms. The minimum Gasteiger partial charge on any atom is -0.432 e. The first-order valence-electron chi connectivity index (χ1n) is 6.99. The number of piperidine rings is 1. The van der Waals surface area contributed by atoms with E-state index in [1.807, 2.05) is 10.9 Å². The molecular formula is C14H24KN3. The number of likely N-dealkylation sites (tertiary alicyclic amines) is 1. The average molecular weight is 273 g/mol. The maximum absolute atomic E-state index is 4.25. The molecule has 0 spiro atoms. The van der Waals surface area contributed by atoms with Crippen molar-refractivity contribution in [1.29, 1.82) is 0 Å². The minimum atomic E-state index is 0. The fraction of sp³-hybridized carbons (Fsp3) is 0.786. The van der Waals surface area contributed by atoms with Crippen molar-refractivity contribution in [3.63, 3.8) is 0 Å². The molecule has 1 saturated heterocycles. The molecule has 0 bridgehead atoms. The minimum absolute atomic E-state index is 0. The summed E-state index contributed by atoms with van der Waals surface area (Å²) in [6.07, 6.45) is 10.5. The average Bonchev–Trinajstić information content (AvgIpc) is 2.83. The van der Waals surface area contributed by atoms with E-state index < -0.39 is 0 Å². The Morgan fingerprint density at radius 3 is 3.00 bits per heavy atom. The zero-order valence-electron chi connectivity index (χ0n) is 11.9. The van der Waals surface area contributed by atoms with Gasteiger partial charge in [-0.2, -0.15) is 6.20 Å². The molecule has 3 nitrogen and oxygen atoms in total. The van der Waals surface area contributed by atoms with E-state index >= 15 is 0 Å². The zero-order chi connectivity index (χ0) is 11.9. The van der Waals surface area contributed by atoms with Crippen molar-refractivity contribution in [3.8, 4) is 0 Å². The molecule has 18 heavy (non-hydrogen) atoms. The van der Waals surface area contributed by atoms with Crippen LogP contribution in [-0.2, 0) is 6.54 Å². The summed E-state index contributed by atoms with van der Waals surface area (Å²) in [6, 6.07) is 3.01. The Morgan fingerprint density at radius 2 is 2.28 bits per heavy atom. The van der Waals surface area contributed by atoms with Crippen LogP contribution in [0.25, 0.3) is 0 Å². The van der Waals surface area contributed by atoms with Gasteiger partial charge in [0.25, 0.3) is 0 Å². The van der Waals surface area contributed by atoms with Crippen molar-refractivity contribution >= 4 is 0 Å². The van der Waals surface area contributed by atoms with Crippen LogP contribution in [0, 0.1) is 12.0 Å². The molecule has 96 valence electrons. The van der Waals surface area contributed by atoms with Gasteiger partial charge in [0.05, 0.1) is 0 Å². The van der Waals surface area contributed by atoms with Crippen molar-refractivity contribution < 1.29 is 51.4 Å². The van der Waals surface area contributed by atoms with Crippen LogP contribution in [0.4, 0.5) is 0 Å². The summed E-state index contributed by atoms with van der Waals surface area (Å²) in [6.45, 7) is 7.17. The maximum Gasteiger partial charge on any atom is 1.00 e. The van der Waals surface area contributed by atoms with Crippen molar-refractivity contribution in [1.82, 2.24) is 14.7 Å². The molecule has 2 heterocycles. The zero-order valence-corrected chi connectivity index (χ0v) is 15.1. The standard InChI is InChI=1S/C14H24N3.K/c1-2-3-4-9-16-10-5-7-14(12-16)13-17-11-6-8-15-17;/h8,11,14H,2-5,7,9-10,12-13H2,1H3;/q-1;+1. The summed E-state index contributed by atoms with van der Waals surface area (Å²) >= 11 is 0. The molecule has 0 aliphatic carbocycles. The van der Waals surface area contributed by atoms with E-state index in [9.17, 15) is 0 Å². The Hall–Kier alpha value is 0.806. The second kappa shape index (κ2) is 9.67. The van der Waals surface area contributed by atoms with E-state index in [2.05, 4.69) is 23.0 Å². The fourth-order valence-electron chi connectivity index (χ4n) is 2.71. The molecule has 0 aromatic carbocycles. The van der Waals surface area contributed by atoms with Crippen LogP contribution in [0.2, 0.25) is 0 Å². The Kier molecular flexibility index (Phi) is 9.06. The van der Waals surface area contributed by atoms with Gasteiger partial charge in [0.15, 0.2) is 0 Å². The second-order valence-electron chi connectivity index (χ2n) is 5.18. The second-order valence-corrected chi connectivity index (χ2v) is 5.18. The van der Waals surface area contributed by atoms with E-state index in [1.165, 1.54) is 51.7 Å². The quantitative estimate of drug-likeness (QED) is 0.399. The SMILES string of the molecule is CCCCCN1CCCC(Cn2c[c-]cn2)C1.[K+]. The van der Waals surface area contributed by atoms with Crippen LogP contribution in [0.5, 0.6) is 0 Å². The van der Waals surface area contributed by atoms with Gasteiger partial charge in [-0.05, 0) is 38.3 Å². The van der Waals surface area contributed by atoms with Gasteiger partial charge in [-0.3, -0.25) is 0 Å². The van der Waals surface area contributed by atoms with Gasteiger partial charge in [0.2, 0.25) is 0 Å². The van der Waals surface area contributed by atoms with Crippen molar-refractivity contribution in [3.05, 3.63) is 18.5 Å². The van der Waals surface area contributed by atoms with E-state index in [-0.39, 0.29) is 51.4 Å². The number of rotatable bonds is 6. The number of hydrogen-bond donors (Lipinski definition) is 0. The molecule has 0 saturated carbocycles. The number of unbranched alkanes of at least 4 members (excludes halogenated alkanes) is 2. The van der Waals surface area contributed by atoms with Gasteiger partial charge in [-0.25, -0.2) is 5.10 Å². The van der Waals surface area contributed by atoms with E-state index in [0.717, 1.165) is 12.5 Å². The Labute approximate surface area is 154 Å². The van der Waals surface area contributed by atoms with Crippen molar-refractivity contribution in [2.75, 3.05) is 19.6 Å². The number of nitrogens with zero attached hydrogens (tertiary/aromatic N) is 3. The smallest absolute Gasteiger partial charge is 0.432 e. The van der Waals surface area contributed by atoms with Crippen LogP contribution < -0.4 is 51.4 Å². The summed E-state index contributed by atoms with van der Waals surface area (Å²) in [5, 5.41) is 4.25. The third-order valence-corrected chi connectivity index (χ3v) is 3.63. The molecule has 0 radical (unpaired) electrons. The molecule has 1 atom stereocenters. The number of hydrogen-bond acceptors (Lipinski definition) is 2. The molecule has 0 N–H and O–H groups in total. The van der Waals surface area contributed by atoms with Gasteiger partial charge in [-0.1, -0.05) is 19.8 Å². The van der Waals surface area contributed by atoms with Crippen molar-refractivity contribution in [2.45, 2.75) is 45.6 Å². The number of aromatic nitrogens is 2. The maximum atomic E-state index is 4.25. The van der Waals surface area contributed by atoms with E-state index in [4.69, 9.17) is 0 Å². The molecule has 1 aliphatic heterocycles. The molecular weight excluding hydrogens is 249 g/mol.